The van der Waals surface area contributed by atoms with Gasteiger partial charge in [0.1, 0.15) is 0 Å². The number of anilines is 1. The summed E-state index contributed by atoms with van der Waals surface area (Å²) in [5, 5.41) is 11.8. The number of hydrogen-bond acceptors (Lipinski definition) is 5. The summed E-state index contributed by atoms with van der Waals surface area (Å²) in [5.41, 5.74) is 2.42. The molecule has 1 N–H and O–H groups in total. The molecule has 1 fully saturated rings. The molecule has 0 amide bonds. The summed E-state index contributed by atoms with van der Waals surface area (Å²) < 4.78 is 2.01. The van der Waals surface area contributed by atoms with Gasteiger partial charge in [-0.05, 0) is 42.7 Å². The van der Waals surface area contributed by atoms with E-state index >= 15 is 0 Å². The van der Waals surface area contributed by atoms with Crippen LogP contribution in [-0.2, 0) is 6.54 Å². The van der Waals surface area contributed by atoms with E-state index in [1.54, 1.807) is 12.4 Å². The van der Waals surface area contributed by atoms with Crippen LogP contribution in [0.2, 0.25) is 0 Å². The second-order valence-corrected chi connectivity index (χ2v) is 6.34. The van der Waals surface area contributed by atoms with Gasteiger partial charge in [-0.2, -0.15) is 5.10 Å². The highest BCUT2D eigenvalue weighted by Crippen LogP contribution is 2.22. The van der Waals surface area contributed by atoms with Crippen LogP contribution in [0.1, 0.15) is 18.4 Å². The number of nitrogens with zero attached hydrogens (tertiary/aromatic N) is 5. The van der Waals surface area contributed by atoms with Crippen LogP contribution in [0.4, 0.5) is 5.82 Å². The molecule has 3 aromatic rings. The fourth-order valence-corrected chi connectivity index (χ4v) is 3.38. The Bertz CT molecular complexity index is 769. The van der Waals surface area contributed by atoms with Gasteiger partial charge in [0.25, 0.3) is 0 Å². The molecule has 1 atom stereocenters. The second-order valence-electron chi connectivity index (χ2n) is 6.34. The van der Waals surface area contributed by atoms with E-state index in [1.165, 1.54) is 18.4 Å². The van der Waals surface area contributed by atoms with Crippen molar-refractivity contribution in [3.05, 3.63) is 66.9 Å². The Balaban J connectivity index is 1.31. The maximum absolute atomic E-state index is 4.25. The monoisotopic (exact) mass is 334 g/mol. The van der Waals surface area contributed by atoms with E-state index in [2.05, 4.69) is 49.7 Å². The van der Waals surface area contributed by atoms with Crippen molar-refractivity contribution < 1.29 is 0 Å². The number of aromatic nitrogens is 4. The quantitative estimate of drug-likeness (QED) is 0.750. The Kier molecular flexibility index (Phi) is 4.70. The maximum atomic E-state index is 4.25. The smallest absolute Gasteiger partial charge is 0.151 e. The first-order valence-corrected chi connectivity index (χ1v) is 8.72. The summed E-state index contributed by atoms with van der Waals surface area (Å²) in [6.45, 7) is 2.89. The molecule has 0 saturated carbocycles. The molecule has 4 rings (SSSR count). The van der Waals surface area contributed by atoms with Gasteiger partial charge in [-0.25, -0.2) is 4.98 Å². The highest BCUT2D eigenvalue weighted by Gasteiger charge is 2.25. The Morgan fingerprint density at radius 2 is 2.04 bits per heavy atom. The lowest BCUT2D eigenvalue weighted by Gasteiger charge is -2.25. The molecule has 128 valence electrons. The summed E-state index contributed by atoms with van der Waals surface area (Å²) in [6, 6.07) is 13.1. The molecule has 0 unspecified atom stereocenters. The van der Waals surface area contributed by atoms with Gasteiger partial charge in [-0.3, -0.25) is 0 Å². The highest BCUT2D eigenvalue weighted by molar-refractivity contribution is 5.39. The first-order valence-electron chi connectivity index (χ1n) is 8.72. The van der Waals surface area contributed by atoms with Crippen molar-refractivity contribution in [2.75, 3.05) is 18.0 Å². The van der Waals surface area contributed by atoms with Gasteiger partial charge in [0.05, 0.1) is 6.33 Å². The summed E-state index contributed by atoms with van der Waals surface area (Å²) in [5.74, 6) is 0.983. The fraction of sp³-hybridized carbons (Fsp3) is 0.316. The summed E-state index contributed by atoms with van der Waals surface area (Å²) in [6.07, 6.45) is 9.69. The van der Waals surface area contributed by atoms with Crippen molar-refractivity contribution in [2.45, 2.75) is 25.4 Å². The molecule has 0 aliphatic carbocycles. The molecule has 2 aromatic heterocycles. The average molecular weight is 334 g/mol. The third kappa shape index (κ3) is 3.69. The number of nitrogens with one attached hydrogen (secondary N) is 1. The largest absolute Gasteiger partial charge is 0.351 e. The van der Waals surface area contributed by atoms with Crippen LogP contribution in [0, 0.1) is 0 Å². The van der Waals surface area contributed by atoms with E-state index in [4.69, 9.17) is 0 Å². The zero-order valence-electron chi connectivity index (χ0n) is 14.1. The van der Waals surface area contributed by atoms with E-state index in [1.807, 2.05) is 29.2 Å². The minimum Gasteiger partial charge on any atom is -0.351 e. The van der Waals surface area contributed by atoms with Crippen LogP contribution in [0.25, 0.3) is 5.69 Å². The minimum atomic E-state index is 0.488. The van der Waals surface area contributed by atoms with Crippen LogP contribution >= 0.6 is 0 Å². The molecule has 25 heavy (non-hydrogen) atoms. The molecule has 1 saturated heterocycles. The lowest BCUT2D eigenvalue weighted by Crippen LogP contribution is -2.38. The van der Waals surface area contributed by atoms with Gasteiger partial charge >= 0.3 is 0 Å². The number of rotatable bonds is 6. The van der Waals surface area contributed by atoms with E-state index < -0.39 is 0 Å². The molecule has 6 nitrogen and oxygen atoms in total. The highest BCUT2D eigenvalue weighted by atomic mass is 15.3. The van der Waals surface area contributed by atoms with E-state index in [0.29, 0.717) is 6.04 Å². The Morgan fingerprint density at radius 3 is 2.80 bits per heavy atom. The Labute approximate surface area is 147 Å². The zero-order chi connectivity index (χ0) is 16.9. The molecule has 0 spiro atoms. The van der Waals surface area contributed by atoms with E-state index in [0.717, 1.165) is 31.1 Å². The predicted octanol–water partition coefficient (Wildman–Crippen LogP) is 2.42. The van der Waals surface area contributed by atoms with Crippen LogP contribution in [0.5, 0.6) is 0 Å². The molecule has 1 aliphatic rings. The molecular weight excluding hydrogens is 312 g/mol. The number of imidazole rings is 1. The molecule has 1 aromatic carbocycles. The maximum Gasteiger partial charge on any atom is 0.151 e. The molecule has 3 heterocycles. The summed E-state index contributed by atoms with van der Waals surface area (Å²) in [4.78, 5) is 6.45. The molecule has 0 bridgehead atoms. The van der Waals surface area contributed by atoms with Gasteiger partial charge in [0.2, 0.25) is 0 Å². The van der Waals surface area contributed by atoms with Gasteiger partial charge in [-0.15, -0.1) is 5.10 Å². The van der Waals surface area contributed by atoms with Crippen molar-refractivity contribution in [1.29, 1.82) is 0 Å². The first kappa shape index (κ1) is 15.8. The summed E-state index contributed by atoms with van der Waals surface area (Å²) in [7, 11) is 0. The van der Waals surface area contributed by atoms with Crippen LogP contribution in [-0.4, -0.2) is 38.9 Å². The Hall–Kier alpha value is -2.73. The van der Waals surface area contributed by atoms with Crippen LogP contribution in [0.3, 0.4) is 0 Å². The second kappa shape index (κ2) is 7.44. The number of benzene rings is 1. The standard InChI is InChI=1S/C19H22N6/c1-4-19(23-22-9-1)25-11-2-3-18(25)14-21-13-16-5-7-17(8-6-16)24-12-10-20-15-24/h1,4-10,12,15,18,21H,2-3,11,13-14H2/t18-/m1/s1. The first-order chi connectivity index (χ1) is 12.4. The van der Waals surface area contributed by atoms with Crippen LogP contribution < -0.4 is 10.2 Å². The van der Waals surface area contributed by atoms with Gasteiger partial charge < -0.3 is 14.8 Å². The SMILES string of the molecule is c1cnnc(N2CCC[C@@H]2CNCc2ccc(-n3ccnc3)cc2)c1. The average Bonchev–Trinajstić information content (AvgIpc) is 3.35. The molecular formula is C19H22N6. The Morgan fingerprint density at radius 1 is 1.12 bits per heavy atom. The predicted molar refractivity (Wildman–Crippen MR) is 97.7 cm³/mol. The van der Waals surface area contributed by atoms with Gasteiger partial charge in [0.15, 0.2) is 5.82 Å². The topological polar surface area (TPSA) is 58.9 Å². The van der Waals surface area contributed by atoms with Crippen molar-refractivity contribution in [2.24, 2.45) is 0 Å². The third-order valence-corrected chi connectivity index (χ3v) is 4.68. The van der Waals surface area contributed by atoms with Crippen molar-refractivity contribution in [3.63, 3.8) is 0 Å². The molecule has 0 radical (unpaired) electrons. The third-order valence-electron chi connectivity index (χ3n) is 4.68. The number of hydrogen-bond donors (Lipinski definition) is 1. The van der Waals surface area contributed by atoms with Crippen molar-refractivity contribution in [1.82, 2.24) is 25.1 Å². The van der Waals surface area contributed by atoms with Crippen LogP contribution in [0.15, 0.2) is 61.3 Å². The van der Waals surface area contributed by atoms with Gasteiger partial charge in [-0.1, -0.05) is 12.1 Å². The van der Waals surface area contributed by atoms with Crippen molar-refractivity contribution in [3.8, 4) is 5.69 Å². The molecule has 6 heteroatoms. The van der Waals surface area contributed by atoms with E-state index in [-0.39, 0.29) is 0 Å². The lowest BCUT2D eigenvalue weighted by molar-refractivity contribution is 0.569. The summed E-state index contributed by atoms with van der Waals surface area (Å²) >= 11 is 0. The van der Waals surface area contributed by atoms with Crippen molar-refractivity contribution >= 4 is 5.82 Å². The van der Waals surface area contributed by atoms with Gasteiger partial charge in [0, 0.05) is 50.0 Å². The van der Waals surface area contributed by atoms with E-state index in [9.17, 15) is 0 Å². The normalized spacial score (nSPS) is 17.1. The zero-order valence-corrected chi connectivity index (χ0v) is 14.1. The lowest BCUT2D eigenvalue weighted by atomic mass is 10.2. The minimum absolute atomic E-state index is 0.488. The fourth-order valence-electron chi connectivity index (χ4n) is 3.38. The molecule has 1 aliphatic heterocycles.